The van der Waals surface area contributed by atoms with Gasteiger partial charge in [-0.2, -0.15) is 13.2 Å². The number of carbonyl (C=O) groups is 1. The van der Waals surface area contributed by atoms with Crippen LogP contribution in [0.4, 0.5) is 13.2 Å². The van der Waals surface area contributed by atoms with E-state index in [1.165, 1.54) is 0 Å². The molecular formula is C8H10F3NO3. The van der Waals surface area contributed by atoms with E-state index in [0.29, 0.717) is 19.6 Å². The lowest BCUT2D eigenvalue weighted by atomic mass is 9.91. The summed E-state index contributed by atoms with van der Waals surface area (Å²) in [5.74, 6) is -2.17. The summed E-state index contributed by atoms with van der Waals surface area (Å²) in [7, 11) is 0. The fourth-order valence-corrected chi connectivity index (χ4v) is 1.80. The summed E-state index contributed by atoms with van der Waals surface area (Å²) in [6.45, 7) is 0.935. The quantitative estimate of drug-likeness (QED) is 0.663. The molecule has 0 aromatic rings. The minimum atomic E-state index is -4.95. The largest absolute Gasteiger partial charge is 0.490 e. The fraction of sp³-hybridized carbons (Fsp3) is 0.875. The van der Waals surface area contributed by atoms with E-state index in [1.54, 1.807) is 0 Å². The van der Waals surface area contributed by atoms with Crippen molar-refractivity contribution in [2.75, 3.05) is 13.2 Å². The van der Waals surface area contributed by atoms with Crippen LogP contribution in [0.25, 0.3) is 0 Å². The molecule has 1 N–H and O–H groups in total. The predicted molar refractivity (Wildman–Crippen MR) is 41.9 cm³/mol. The zero-order chi connectivity index (χ0) is 11.1. The second-order valence-corrected chi connectivity index (χ2v) is 3.68. The van der Waals surface area contributed by atoms with Crippen LogP contribution in [0.5, 0.6) is 0 Å². The van der Waals surface area contributed by atoms with Gasteiger partial charge in [0.2, 0.25) is 0 Å². The highest BCUT2D eigenvalue weighted by molar-refractivity contribution is 5.75. The molecule has 7 heteroatoms. The Morgan fingerprint density at radius 3 is 2.67 bits per heavy atom. The first-order valence-electron chi connectivity index (χ1n) is 4.59. The second kappa shape index (κ2) is 3.34. The van der Waals surface area contributed by atoms with Crippen molar-refractivity contribution < 1.29 is 27.4 Å². The molecule has 0 saturated carbocycles. The van der Waals surface area contributed by atoms with Gasteiger partial charge in [-0.25, -0.2) is 4.79 Å². The predicted octanol–water partition coefficient (Wildman–Crippen LogP) is 0.570. The molecular weight excluding hydrogens is 215 g/mol. The van der Waals surface area contributed by atoms with Gasteiger partial charge < -0.3 is 9.47 Å². The van der Waals surface area contributed by atoms with Crippen LogP contribution >= 0.6 is 0 Å². The van der Waals surface area contributed by atoms with Crippen LogP contribution in [-0.4, -0.2) is 37.1 Å². The van der Waals surface area contributed by atoms with E-state index in [4.69, 9.17) is 4.74 Å². The third kappa shape index (κ3) is 1.81. The van der Waals surface area contributed by atoms with E-state index >= 15 is 0 Å². The van der Waals surface area contributed by atoms with Crippen molar-refractivity contribution in [1.29, 1.82) is 0 Å². The molecule has 0 aliphatic carbocycles. The van der Waals surface area contributed by atoms with Gasteiger partial charge in [0, 0.05) is 13.2 Å². The van der Waals surface area contributed by atoms with Gasteiger partial charge in [0.1, 0.15) is 5.60 Å². The molecule has 0 aromatic carbocycles. The summed E-state index contributed by atoms with van der Waals surface area (Å²) >= 11 is 0. The van der Waals surface area contributed by atoms with Gasteiger partial charge in [0.05, 0.1) is 0 Å². The molecule has 4 nitrogen and oxygen atoms in total. The first-order chi connectivity index (χ1) is 6.94. The summed E-state index contributed by atoms with van der Waals surface area (Å²) in [5.41, 5.74) is -0.721. The van der Waals surface area contributed by atoms with Crippen LogP contribution < -0.4 is 5.32 Å². The van der Waals surface area contributed by atoms with E-state index in [9.17, 15) is 18.0 Å². The van der Waals surface area contributed by atoms with Crippen molar-refractivity contribution in [3.8, 4) is 0 Å². The number of alkyl halides is 3. The molecule has 86 valence electrons. The van der Waals surface area contributed by atoms with Gasteiger partial charge in [-0.05, 0) is 12.8 Å². The lowest BCUT2D eigenvalue weighted by molar-refractivity contribution is -0.233. The van der Waals surface area contributed by atoms with Gasteiger partial charge in [0.15, 0.2) is 6.23 Å². The van der Waals surface area contributed by atoms with Crippen LogP contribution in [0.15, 0.2) is 0 Å². The Kier molecular flexibility index (Phi) is 2.38. The van der Waals surface area contributed by atoms with Crippen molar-refractivity contribution in [1.82, 2.24) is 5.32 Å². The molecule has 2 atom stereocenters. The molecule has 1 spiro atoms. The van der Waals surface area contributed by atoms with E-state index in [2.05, 4.69) is 10.1 Å². The number of esters is 1. The van der Waals surface area contributed by atoms with Crippen LogP contribution in [-0.2, 0) is 14.3 Å². The SMILES string of the molecule is O=C(OC1NCC12CCCO2)C(F)(F)F. The molecule has 2 heterocycles. The molecule has 2 fully saturated rings. The zero-order valence-corrected chi connectivity index (χ0v) is 7.76. The van der Waals surface area contributed by atoms with Crippen molar-refractivity contribution in [3.63, 3.8) is 0 Å². The second-order valence-electron chi connectivity index (χ2n) is 3.68. The van der Waals surface area contributed by atoms with E-state index in [0.717, 1.165) is 6.42 Å². The highest BCUT2D eigenvalue weighted by Crippen LogP contribution is 2.35. The van der Waals surface area contributed by atoms with E-state index in [-0.39, 0.29) is 0 Å². The molecule has 2 unspecified atom stereocenters. The van der Waals surface area contributed by atoms with Crippen LogP contribution in [0.3, 0.4) is 0 Å². The highest BCUT2D eigenvalue weighted by Gasteiger charge is 2.55. The molecule has 2 rings (SSSR count). The molecule has 0 amide bonds. The fourth-order valence-electron chi connectivity index (χ4n) is 1.80. The number of hydrogen-bond donors (Lipinski definition) is 1. The molecule has 0 radical (unpaired) electrons. The van der Waals surface area contributed by atoms with Gasteiger partial charge in [-0.15, -0.1) is 0 Å². The van der Waals surface area contributed by atoms with Crippen molar-refractivity contribution >= 4 is 5.97 Å². The number of ether oxygens (including phenoxy) is 2. The van der Waals surface area contributed by atoms with Crippen LogP contribution in [0.2, 0.25) is 0 Å². The minimum Gasteiger partial charge on any atom is -0.437 e. The third-order valence-corrected chi connectivity index (χ3v) is 2.65. The Labute approximate surface area is 83.7 Å². The number of halogens is 3. The summed E-state index contributed by atoms with van der Waals surface area (Å²) in [6, 6.07) is 0. The number of nitrogens with one attached hydrogen (secondary N) is 1. The van der Waals surface area contributed by atoms with Gasteiger partial charge in [0.25, 0.3) is 0 Å². The maximum absolute atomic E-state index is 11.9. The Morgan fingerprint density at radius 2 is 2.27 bits per heavy atom. The van der Waals surface area contributed by atoms with Crippen molar-refractivity contribution in [2.45, 2.75) is 30.8 Å². The third-order valence-electron chi connectivity index (χ3n) is 2.65. The average molecular weight is 225 g/mol. The Bertz CT molecular complexity index is 273. The molecule has 2 aliphatic rings. The van der Waals surface area contributed by atoms with Gasteiger partial charge in [-0.1, -0.05) is 0 Å². The Hall–Kier alpha value is -0.820. The van der Waals surface area contributed by atoms with Crippen molar-refractivity contribution in [2.24, 2.45) is 0 Å². The molecule has 2 aliphatic heterocycles. The molecule has 15 heavy (non-hydrogen) atoms. The first kappa shape index (κ1) is 10.7. The number of hydrogen-bond acceptors (Lipinski definition) is 4. The zero-order valence-electron chi connectivity index (χ0n) is 7.76. The molecule has 0 bridgehead atoms. The van der Waals surface area contributed by atoms with Crippen LogP contribution in [0.1, 0.15) is 12.8 Å². The van der Waals surface area contributed by atoms with E-state index in [1.807, 2.05) is 0 Å². The highest BCUT2D eigenvalue weighted by atomic mass is 19.4. The maximum Gasteiger partial charge on any atom is 0.490 e. The first-order valence-corrected chi connectivity index (χ1v) is 4.59. The lowest BCUT2D eigenvalue weighted by Gasteiger charge is -2.45. The number of rotatable bonds is 1. The molecule has 2 saturated heterocycles. The summed E-state index contributed by atoms with van der Waals surface area (Å²) in [5, 5.41) is 2.61. The van der Waals surface area contributed by atoms with Gasteiger partial charge >= 0.3 is 12.1 Å². The smallest absolute Gasteiger partial charge is 0.437 e. The molecule has 0 aromatic heterocycles. The monoisotopic (exact) mass is 225 g/mol. The Morgan fingerprint density at radius 1 is 1.53 bits per heavy atom. The Balaban J connectivity index is 1.93. The normalized spacial score (nSPS) is 35.3. The lowest BCUT2D eigenvalue weighted by Crippen LogP contribution is -2.69. The summed E-state index contributed by atoms with van der Waals surface area (Å²) in [6.07, 6.45) is -4.51. The maximum atomic E-state index is 11.9. The average Bonchev–Trinajstić information content (AvgIpc) is 2.61. The van der Waals surface area contributed by atoms with E-state index < -0.39 is 24.0 Å². The topological polar surface area (TPSA) is 47.6 Å². The standard InChI is InChI=1S/C8H10F3NO3/c9-8(10,11)6(13)15-5-7(4-12-5)2-1-3-14-7/h5,12H,1-4H2. The summed E-state index contributed by atoms with van der Waals surface area (Å²) < 4.78 is 45.3. The van der Waals surface area contributed by atoms with Gasteiger partial charge in [-0.3, -0.25) is 5.32 Å². The number of carbonyl (C=O) groups excluding carboxylic acids is 1. The van der Waals surface area contributed by atoms with Crippen LogP contribution in [0, 0.1) is 0 Å². The minimum absolute atomic E-state index is 0.433. The van der Waals surface area contributed by atoms with Crippen molar-refractivity contribution in [3.05, 3.63) is 0 Å². The summed E-state index contributed by atoms with van der Waals surface area (Å²) in [4.78, 5) is 10.6.